The third-order valence-electron chi connectivity index (χ3n) is 2.73. The number of hydrogen-bond donors (Lipinski definition) is 1. The number of non-ortho nitro benzene ring substituents is 1. The Bertz CT molecular complexity index is 657. The molecule has 0 aliphatic carbocycles. The Morgan fingerprint density at radius 2 is 2.10 bits per heavy atom. The maximum Gasteiger partial charge on any atom is 0.269 e. The van der Waals surface area contributed by atoms with Gasteiger partial charge in [0.05, 0.1) is 4.92 Å². The van der Waals surface area contributed by atoms with Gasteiger partial charge in [-0.05, 0) is 24.6 Å². The molecule has 104 valence electrons. The quantitative estimate of drug-likeness (QED) is 0.397. The Kier molecular flexibility index (Phi) is 3.81. The number of nitrogens with zero attached hydrogens (tertiary/aromatic N) is 2. The minimum absolute atomic E-state index is 0.0237. The van der Waals surface area contributed by atoms with Crippen molar-refractivity contribution >= 4 is 5.69 Å². The Balaban J connectivity index is 2.26. The minimum Gasteiger partial charge on any atom is -0.618 e. The molecule has 0 aliphatic rings. The average Bonchev–Trinajstić information content (AvgIpc) is 2.41. The lowest BCUT2D eigenvalue weighted by atomic mass is 10.2. The zero-order valence-corrected chi connectivity index (χ0v) is 10.6. The van der Waals surface area contributed by atoms with Crippen LogP contribution in [0.2, 0.25) is 0 Å². The van der Waals surface area contributed by atoms with E-state index in [9.17, 15) is 15.3 Å². The van der Waals surface area contributed by atoms with Crippen molar-refractivity contribution in [1.82, 2.24) is 0 Å². The van der Waals surface area contributed by atoms with E-state index in [2.05, 4.69) is 0 Å². The lowest BCUT2D eigenvalue weighted by Gasteiger charge is -2.09. The van der Waals surface area contributed by atoms with Crippen LogP contribution in [0, 0.1) is 22.2 Å². The fraction of sp³-hybridized carbons (Fsp3) is 0.154. The molecule has 1 heterocycles. The van der Waals surface area contributed by atoms with Crippen LogP contribution in [0.5, 0.6) is 11.5 Å². The van der Waals surface area contributed by atoms with Gasteiger partial charge in [-0.1, -0.05) is 0 Å². The summed E-state index contributed by atoms with van der Waals surface area (Å²) in [7, 11) is 0. The van der Waals surface area contributed by atoms with Crippen molar-refractivity contribution in [2.45, 2.75) is 13.5 Å². The van der Waals surface area contributed by atoms with Crippen LogP contribution >= 0.6 is 0 Å². The summed E-state index contributed by atoms with van der Waals surface area (Å²) in [6, 6.07) is 7.19. The van der Waals surface area contributed by atoms with Gasteiger partial charge in [0, 0.05) is 18.2 Å². The van der Waals surface area contributed by atoms with Crippen molar-refractivity contribution < 1.29 is 19.5 Å². The zero-order valence-electron chi connectivity index (χ0n) is 10.6. The van der Waals surface area contributed by atoms with Gasteiger partial charge in [-0.3, -0.25) is 10.1 Å². The van der Waals surface area contributed by atoms with Crippen molar-refractivity contribution in [2.75, 3.05) is 0 Å². The molecule has 0 unspecified atom stereocenters. The Morgan fingerprint density at radius 1 is 1.35 bits per heavy atom. The molecule has 0 radical (unpaired) electrons. The largest absolute Gasteiger partial charge is 0.618 e. The van der Waals surface area contributed by atoms with Gasteiger partial charge in [-0.2, -0.15) is 4.73 Å². The second-order valence-electron chi connectivity index (χ2n) is 4.15. The topological polar surface area (TPSA) is 99.5 Å². The molecule has 7 heteroatoms. The highest BCUT2D eigenvalue weighted by molar-refractivity contribution is 5.44. The predicted octanol–water partition coefficient (Wildman–Crippen LogP) is 1.82. The van der Waals surface area contributed by atoms with Crippen LogP contribution in [-0.2, 0) is 6.61 Å². The summed E-state index contributed by atoms with van der Waals surface area (Å²) in [5, 5.41) is 31.0. The van der Waals surface area contributed by atoms with E-state index in [1.165, 1.54) is 30.5 Å². The molecule has 2 rings (SSSR count). The van der Waals surface area contributed by atoms with Crippen LogP contribution in [-0.4, -0.2) is 10.0 Å². The minimum atomic E-state index is -0.488. The first-order chi connectivity index (χ1) is 9.51. The lowest BCUT2D eigenvalue weighted by molar-refractivity contribution is -0.616. The molecule has 0 fully saturated rings. The summed E-state index contributed by atoms with van der Waals surface area (Å²) >= 11 is 0. The lowest BCUT2D eigenvalue weighted by Crippen LogP contribution is -2.31. The SMILES string of the molecule is Cc1cc([N+](=O)[O-])ccc1Oc1ccc(CO)[n+]([O-])c1. The number of aryl methyl sites for hydroxylation is 1. The molecule has 0 aliphatic heterocycles. The maximum absolute atomic E-state index is 11.5. The summed E-state index contributed by atoms with van der Waals surface area (Å²) in [6.45, 7) is 1.32. The van der Waals surface area contributed by atoms with Crippen LogP contribution in [0.25, 0.3) is 0 Å². The fourth-order valence-corrected chi connectivity index (χ4v) is 1.66. The summed E-state index contributed by atoms with van der Waals surface area (Å²) in [4.78, 5) is 10.1. The monoisotopic (exact) mass is 276 g/mol. The second-order valence-corrected chi connectivity index (χ2v) is 4.15. The molecular formula is C13H12N2O5. The van der Waals surface area contributed by atoms with Crippen molar-refractivity contribution in [2.24, 2.45) is 0 Å². The number of nitro benzene ring substituents is 1. The Labute approximate surface area is 114 Å². The summed E-state index contributed by atoms with van der Waals surface area (Å²) in [6.07, 6.45) is 1.19. The van der Waals surface area contributed by atoms with E-state index in [1.807, 2.05) is 0 Å². The molecule has 7 nitrogen and oxygen atoms in total. The molecule has 1 aromatic carbocycles. The molecule has 0 spiro atoms. The predicted molar refractivity (Wildman–Crippen MR) is 69.2 cm³/mol. The first kappa shape index (κ1) is 13.8. The normalized spacial score (nSPS) is 10.3. The number of aromatic nitrogens is 1. The number of pyridine rings is 1. The van der Waals surface area contributed by atoms with E-state index >= 15 is 0 Å². The number of benzene rings is 1. The highest BCUT2D eigenvalue weighted by atomic mass is 16.6. The van der Waals surface area contributed by atoms with Crippen molar-refractivity contribution in [3.8, 4) is 11.5 Å². The van der Waals surface area contributed by atoms with Gasteiger partial charge in [-0.15, -0.1) is 0 Å². The number of rotatable bonds is 4. The molecule has 20 heavy (non-hydrogen) atoms. The molecule has 0 saturated heterocycles. The average molecular weight is 276 g/mol. The summed E-state index contributed by atoms with van der Waals surface area (Å²) in [5.74, 6) is 0.710. The second kappa shape index (κ2) is 5.54. The Morgan fingerprint density at radius 3 is 2.65 bits per heavy atom. The van der Waals surface area contributed by atoms with Gasteiger partial charge in [0.1, 0.15) is 12.4 Å². The molecule has 0 amide bonds. The molecule has 1 aromatic heterocycles. The third kappa shape index (κ3) is 2.83. The van der Waals surface area contributed by atoms with Crippen LogP contribution in [0.15, 0.2) is 36.5 Å². The van der Waals surface area contributed by atoms with Gasteiger partial charge in [0.25, 0.3) is 5.69 Å². The number of aliphatic hydroxyl groups is 1. The zero-order chi connectivity index (χ0) is 14.7. The summed E-state index contributed by atoms with van der Waals surface area (Å²) < 4.78 is 6.01. The highest BCUT2D eigenvalue weighted by Crippen LogP contribution is 2.27. The van der Waals surface area contributed by atoms with E-state index in [1.54, 1.807) is 13.0 Å². The van der Waals surface area contributed by atoms with E-state index in [0.717, 1.165) is 0 Å². The molecule has 1 N–H and O–H groups in total. The molecule has 0 atom stereocenters. The van der Waals surface area contributed by atoms with Crippen molar-refractivity contribution in [3.63, 3.8) is 0 Å². The van der Waals surface area contributed by atoms with Crippen molar-refractivity contribution in [3.05, 3.63) is 63.1 Å². The van der Waals surface area contributed by atoms with Crippen LogP contribution in [0.4, 0.5) is 5.69 Å². The standard InChI is InChI=1S/C13H12N2O5/c1-9-6-10(15(18)19)3-5-13(9)20-12-4-2-11(8-16)14(17)7-12/h2-7,16H,8H2,1H3. The van der Waals surface area contributed by atoms with E-state index < -0.39 is 4.92 Å². The number of nitro groups is 1. The van der Waals surface area contributed by atoms with Crippen molar-refractivity contribution in [1.29, 1.82) is 0 Å². The number of ether oxygens (including phenoxy) is 1. The van der Waals surface area contributed by atoms with E-state index in [0.29, 0.717) is 16.0 Å². The van der Waals surface area contributed by atoms with Gasteiger partial charge in [-0.25, -0.2) is 0 Å². The molecule has 0 bridgehead atoms. The fourth-order valence-electron chi connectivity index (χ4n) is 1.66. The Hall–Kier alpha value is -2.67. The smallest absolute Gasteiger partial charge is 0.269 e. The van der Waals surface area contributed by atoms with Crippen LogP contribution in [0.1, 0.15) is 11.3 Å². The molecule has 0 saturated carbocycles. The first-order valence-corrected chi connectivity index (χ1v) is 5.77. The first-order valence-electron chi connectivity index (χ1n) is 5.77. The number of aliphatic hydroxyl groups excluding tert-OH is 1. The maximum atomic E-state index is 11.5. The van der Waals surface area contributed by atoms with E-state index in [4.69, 9.17) is 9.84 Å². The van der Waals surface area contributed by atoms with E-state index in [-0.39, 0.29) is 23.7 Å². The van der Waals surface area contributed by atoms with Gasteiger partial charge < -0.3 is 15.1 Å². The molecule has 2 aromatic rings. The van der Waals surface area contributed by atoms with Gasteiger partial charge in [0.2, 0.25) is 11.9 Å². The number of hydrogen-bond acceptors (Lipinski definition) is 5. The van der Waals surface area contributed by atoms with Crippen LogP contribution in [0.3, 0.4) is 0 Å². The molecular weight excluding hydrogens is 264 g/mol. The highest BCUT2D eigenvalue weighted by Gasteiger charge is 2.11. The summed E-state index contributed by atoms with van der Waals surface area (Å²) in [5.41, 5.74) is 0.769. The van der Waals surface area contributed by atoms with Gasteiger partial charge in [0.15, 0.2) is 5.75 Å². The third-order valence-corrected chi connectivity index (χ3v) is 2.73. The van der Waals surface area contributed by atoms with Crippen LogP contribution < -0.4 is 9.47 Å². The van der Waals surface area contributed by atoms with Gasteiger partial charge >= 0.3 is 0 Å².